The standard InChI is InChI=1S/C26H37F5INO7S3/c1-4-33(17-32,8-5-18(34)35)9-7-26(2,3)39-10-15-43(37,38)16-14-42-13-12-41-11-6-19(36)40-25-23(30)21(28)20(27)22(29)24(25)31/h4-17H2,1-3H3. The van der Waals surface area contributed by atoms with E-state index in [0.29, 0.717) is 41.3 Å². The SMILES string of the molecule is CC[N+](CI)(CCC(=O)[O-])CCC(C)(C)OCCS(=O)(=O)CCSCCSCCC(=O)Oc1c(F)c(F)c(F)c(F)c1F. The van der Waals surface area contributed by atoms with Gasteiger partial charge in [0.25, 0.3) is 0 Å². The summed E-state index contributed by atoms with van der Waals surface area (Å²) in [4.78, 5) is 22.7. The van der Waals surface area contributed by atoms with Crippen molar-refractivity contribution in [2.75, 3.05) is 65.3 Å². The van der Waals surface area contributed by atoms with E-state index in [2.05, 4.69) is 27.3 Å². The Morgan fingerprint density at radius 1 is 0.884 bits per heavy atom. The number of sulfone groups is 1. The summed E-state index contributed by atoms with van der Waals surface area (Å²) in [5.74, 6) is -13.7. The Labute approximate surface area is 271 Å². The van der Waals surface area contributed by atoms with Crippen LogP contribution < -0.4 is 9.84 Å². The number of hydrogen-bond acceptors (Lipinski definition) is 9. The predicted octanol–water partition coefficient (Wildman–Crippen LogP) is 4.11. The molecule has 0 amide bonds. The number of benzene rings is 1. The van der Waals surface area contributed by atoms with Gasteiger partial charge in [-0.15, -0.1) is 0 Å². The molecule has 0 aliphatic carbocycles. The van der Waals surface area contributed by atoms with Gasteiger partial charge in [0.2, 0.25) is 34.8 Å². The Hall–Kier alpha value is -0.890. The minimum atomic E-state index is -3.36. The fourth-order valence-electron chi connectivity index (χ4n) is 3.59. The van der Waals surface area contributed by atoms with Crippen molar-refractivity contribution >= 4 is 67.9 Å². The van der Waals surface area contributed by atoms with Gasteiger partial charge in [0.05, 0.1) is 49.8 Å². The lowest BCUT2D eigenvalue weighted by molar-refractivity contribution is -0.912. The Morgan fingerprint density at radius 3 is 1.98 bits per heavy atom. The van der Waals surface area contributed by atoms with E-state index in [9.17, 15) is 45.1 Å². The van der Waals surface area contributed by atoms with Gasteiger partial charge < -0.3 is 23.9 Å². The fourth-order valence-corrected chi connectivity index (χ4v) is 8.44. The van der Waals surface area contributed by atoms with Gasteiger partial charge >= 0.3 is 5.97 Å². The first-order chi connectivity index (χ1) is 20.0. The molecule has 1 rings (SSSR count). The second-order valence-corrected chi connectivity index (χ2v) is 15.6. The molecule has 8 nitrogen and oxygen atoms in total. The topological polar surface area (TPSA) is 110 Å². The maximum atomic E-state index is 13.6. The summed E-state index contributed by atoms with van der Waals surface area (Å²) < 4.78 is 103. The van der Waals surface area contributed by atoms with Gasteiger partial charge in [-0.25, -0.2) is 21.6 Å². The summed E-state index contributed by atoms with van der Waals surface area (Å²) in [6.07, 6.45) is 0.257. The molecule has 0 spiro atoms. The van der Waals surface area contributed by atoms with Crippen molar-refractivity contribution in [1.29, 1.82) is 0 Å². The molecule has 0 aromatic heterocycles. The molecule has 43 heavy (non-hydrogen) atoms. The fraction of sp³-hybridized carbons (Fsp3) is 0.692. The van der Waals surface area contributed by atoms with E-state index in [-0.39, 0.29) is 36.7 Å². The van der Waals surface area contributed by atoms with Crippen LogP contribution in [-0.2, 0) is 24.2 Å². The van der Waals surface area contributed by atoms with Gasteiger partial charge in [0.15, 0.2) is 9.84 Å². The number of halogens is 6. The van der Waals surface area contributed by atoms with Crippen LogP contribution in [-0.4, -0.2) is 95.8 Å². The average molecular weight is 794 g/mol. The first kappa shape index (κ1) is 40.1. The lowest BCUT2D eigenvalue weighted by Crippen LogP contribution is -2.51. The highest BCUT2D eigenvalue weighted by atomic mass is 127. The molecule has 17 heteroatoms. The number of hydrogen-bond donors (Lipinski definition) is 0. The molecule has 1 aromatic rings. The molecule has 0 saturated carbocycles. The van der Waals surface area contributed by atoms with E-state index in [1.54, 1.807) is 0 Å². The summed E-state index contributed by atoms with van der Waals surface area (Å²) in [6, 6.07) is 0. The summed E-state index contributed by atoms with van der Waals surface area (Å²) in [5.41, 5.74) is -0.590. The number of carbonyl (C=O) groups excluding carboxylic acids is 2. The lowest BCUT2D eigenvalue weighted by Gasteiger charge is -2.38. The number of nitrogens with zero attached hydrogens (tertiary/aromatic N) is 1. The van der Waals surface area contributed by atoms with Crippen molar-refractivity contribution in [2.24, 2.45) is 0 Å². The molecule has 0 aliphatic heterocycles. The normalized spacial score (nSPS) is 13.6. The van der Waals surface area contributed by atoms with Gasteiger partial charge in [-0.1, -0.05) is 0 Å². The highest BCUT2D eigenvalue weighted by Gasteiger charge is 2.30. The second-order valence-electron chi connectivity index (χ2n) is 10.2. The number of carboxylic acid groups (broad SMARTS) is 1. The van der Waals surface area contributed by atoms with Crippen molar-refractivity contribution in [3.05, 3.63) is 29.1 Å². The minimum Gasteiger partial charge on any atom is -0.550 e. The number of thioether (sulfide) groups is 2. The monoisotopic (exact) mass is 793 g/mol. The molecule has 0 N–H and O–H groups in total. The molecule has 1 atom stereocenters. The van der Waals surface area contributed by atoms with Crippen LogP contribution in [0.2, 0.25) is 0 Å². The number of quaternary nitrogens is 1. The zero-order valence-electron chi connectivity index (χ0n) is 24.2. The van der Waals surface area contributed by atoms with Crippen molar-refractivity contribution in [2.45, 2.75) is 45.6 Å². The maximum absolute atomic E-state index is 13.6. The van der Waals surface area contributed by atoms with Gasteiger partial charge in [-0.3, -0.25) is 4.79 Å². The number of alkyl halides is 1. The third-order valence-electron chi connectivity index (χ3n) is 6.54. The molecule has 1 unspecified atom stereocenters. The smallest absolute Gasteiger partial charge is 0.312 e. The summed E-state index contributed by atoms with van der Waals surface area (Å²) in [7, 11) is -3.36. The molecule has 0 bridgehead atoms. The zero-order valence-corrected chi connectivity index (χ0v) is 28.8. The number of ether oxygens (including phenoxy) is 2. The average Bonchev–Trinajstić information content (AvgIpc) is 2.94. The minimum absolute atomic E-state index is 0.0301. The molecule has 0 radical (unpaired) electrons. The van der Waals surface area contributed by atoms with Crippen LogP contribution in [0, 0.1) is 29.1 Å². The van der Waals surface area contributed by atoms with Crippen LogP contribution in [0.1, 0.15) is 40.0 Å². The van der Waals surface area contributed by atoms with Crippen molar-refractivity contribution in [1.82, 2.24) is 0 Å². The van der Waals surface area contributed by atoms with E-state index in [1.807, 2.05) is 20.8 Å². The molecule has 0 fully saturated rings. The van der Waals surface area contributed by atoms with Crippen molar-refractivity contribution in [3.63, 3.8) is 0 Å². The zero-order chi connectivity index (χ0) is 32.8. The Balaban J connectivity index is 2.29. The number of aliphatic carboxylic acids is 1. The highest BCUT2D eigenvalue weighted by molar-refractivity contribution is 14.1. The van der Waals surface area contributed by atoms with Gasteiger partial charge in [0, 0.05) is 41.8 Å². The molecule has 0 saturated heterocycles. The molecular weight excluding hydrogens is 756 g/mol. The third-order valence-corrected chi connectivity index (χ3v) is 12.1. The quantitative estimate of drug-likeness (QED) is 0.0164. The number of esters is 1. The van der Waals surface area contributed by atoms with Crippen LogP contribution in [0.3, 0.4) is 0 Å². The van der Waals surface area contributed by atoms with E-state index < -0.39 is 62.2 Å². The summed E-state index contributed by atoms with van der Waals surface area (Å²) in [6.45, 7) is 7.69. The van der Waals surface area contributed by atoms with E-state index >= 15 is 0 Å². The van der Waals surface area contributed by atoms with Crippen LogP contribution >= 0.6 is 46.1 Å². The van der Waals surface area contributed by atoms with E-state index in [1.165, 1.54) is 23.5 Å². The highest BCUT2D eigenvalue weighted by Crippen LogP contribution is 2.29. The van der Waals surface area contributed by atoms with E-state index in [4.69, 9.17) is 4.74 Å². The van der Waals surface area contributed by atoms with Gasteiger partial charge in [-0.05, 0) is 43.4 Å². The maximum Gasteiger partial charge on any atom is 0.312 e. The molecule has 1 aromatic carbocycles. The second kappa shape index (κ2) is 18.9. The lowest BCUT2D eigenvalue weighted by atomic mass is 10.0. The van der Waals surface area contributed by atoms with Crippen molar-refractivity contribution < 1.29 is 59.0 Å². The largest absolute Gasteiger partial charge is 0.550 e. The Morgan fingerprint density at radius 2 is 1.44 bits per heavy atom. The first-order valence-corrected chi connectivity index (χ1v) is 19.0. The number of rotatable bonds is 22. The van der Waals surface area contributed by atoms with Crippen LogP contribution in [0.25, 0.3) is 0 Å². The summed E-state index contributed by atoms with van der Waals surface area (Å²) in [5, 5.41) is 10.9. The van der Waals surface area contributed by atoms with Crippen LogP contribution in [0.5, 0.6) is 5.75 Å². The summed E-state index contributed by atoms with van der Waals surface area (Å²) >= 11 is 4.90. The third kappa shape index (κ3) is 14.4. The molecule has 0 heterocycles. The number of carboxylic acids is 1. The van der Waals surface area contributed by atoms with Crippen LogP contribution in [0.15, 0.2) is 0 Å². The molecule has 248 valence electrons. The van der Waals surface area contributed by atoms with Crippen LogP contribution in [0.4, 0.5) is 22.0 Å². The van der Waals surface area contributed by atoms with Crippen molar-refractivity contribution in [3.8, 4) is 5.75 Å². The molecular formula is C26H37F5INO7S3. The first-order valence-electron chi connectivity index (χ1n) is 13.3. The Kier molecular flexibility index (Phi) is 17.7. The van der Waals surface area contributed by atoms with Gasteiger partial charge in [0.1, 0.15) is 4.55 Å². The Bertz CT molecular complexity index is 1160. The molecule has 0 aliphatic rings. The van der Waals surface area contributed by atoms with Gasteiger partial charge in [-0.2, -0.15) is 32.3 Å². The predicted molar refractivity (Wildman–Crippen MR) is 163 cm³/mol. The number of carbonyl (C=O) groups is 2. The van der Waals surface area contributed by atoms with E-state index in [0.717, 1.165) is 11.1 Å².